The third-order valence-electron chi connectivity index (χ3n) is 4.15. The Morgan fingerprint density at radius 1 is 1.18 bits per heavy atom. The lowest BCUT2D eigenvalue weighted by molar-refractivity contribution is -0.140. The number of para-hydroxylation sites is 2. The van der Waals surface area contributed by atoms with Gasteiger partial charge in [-0.15, -0.1) is 0 Å². The van der Waals surface area contributed by atoms with Crippen molar-refractivity contribution in [3.8, 4) is 11.5 Å². The third kappa shape index (κ3) is 5.63. The predicted octanol–water partition coefficient (Wildman–Crippen LogP) is 3.91. The van der Waals surface area contributed by atoms with Crippen LogP contribution in [-0.2, 0) is 9.59 Å². The molecule has 0 aliphatic carbocycles. The van der Waals surface area contributed by atoms with Crippen molar-refractivity contribution in [1.29, 1.82) is 0 Å². The van der Waals surface area contributed by atoms with E-state index in [-0.39, 0.29) is 18.4 Å². The molecule has 1 atom stereocenters. The van der Waals surface area contributed by atoms with Gasteiger partial charge in [-0.25, -0.2) is 0 Å². The van der Waals surface area contributed by atoms with Crippen molar-refractivity contribution in [2.24, 2.45) is 0 Å². The molecule has 0 radical (unpaired) electrons. The van der Waals surface area contributed by atoms with Crippen LogP contribution in [0.1, 0.15) is 19.4 Å². The van der Waals surface area contributed by atoms with Crippen LogP contribution in [0.15, 0.2) is 42.5 Å². The first-order chi connectivity index (χ1) is 13.3. The second-order valence-corrected chi connectivity index (χ2v) is 6.70. The van der Waals surface area contributed by atoms with Crippen molar-refractivity contribution in [3.63, 3.8) is 0 Å². The van der Waals surface area contributed by atoms with Crippen LogP contribution in [0, 0.1) is 6.92 Å². The summed E-state index contributed by atoms with van der Waals surface area (Å²) < 4.78 is 11.0. The molecule has 0 aromatic heterocycles. The average molecular weight is 405 g/mol. The van der Waals surface area contributed by atoms with Crippen LogP contribution >= 0.6 is 11.6 Å². The van der Waals surface area contributed by atoms with E-state index in [2.05, 4.69) is 5.32 Å². The molecule has 0 aliphatic heterocycles. The highest BCUT2D eigenvalue weighted by Gasteiger charge is 2.24. The average Bonchev–Trinajstić information content (AvgIpc) is 2.68. The van der Waals surface area contributed by atoms with Gasteiger partial charge in [0.15, 0.2) is 6.10 Å². The maximum Gasteiger partial charge on any atom is 0.263 e. The van der Waals surface area contributed by atoms with Gasteiger partial charge < -0.3 is 19.7 Å². The van der Waals surface area contributed by atoms with Crippen molar-refractivity contribution in [2.45, 2.75) is 26.9 Å². The van der Waals surface area contributed by atoms with Crippen molar-refractivity contribution in [3.05, 3.63) is 53.1 Å². The SMILES string of the molecule is CCN(CC(=O)Nc1ccccc1OC)C(=O)C(C)Oc1cc(C)ccc1Cl. The Bertz CT molecular complexity index is 841. The molecular formula is C21H25ClN2O4. The zero-order valence-corrected chi connectivity index (χ0v) is 17.2. The molecule has 2 amide bonds. The number of carbonyl (C=O) groups excluding carboxylic acids is 2. The molecule has 0 saturated carbocycles. The predicted molar refractivity (Wildman–Crippen MR) is 110 cm³/mol. The maximum absolute atomic E-state index is 12.7. The van der Waals surface area contributed by atoms with Crippen LogP contribution < -0.4 is 14.8 Å². The first kappa shape index (κ1) is 21.6. The van der Waals surface area contributed by atoms with Gasteiger partial charge in [-0.05, 0) is 50.6 Å². The molecule has 6 nitrogen and oxygen atoms in total. The second-order valence-electron chi connectivity index (χ2n) is 6.29. The number of nitrogens with one attached hydrogen (secondary N) is 1. The van der Waals surface area contributed by atoms with Gasteiger partial charge in [0.05, 0.1) is 24.4 Å². The van der Waals surface area contributed by atoms with Crippen molar-refractivity contribution < 1.29 is 19.1 Å². The number of nitrogens with zero attached hydrogens (tertiary/aromatic N) is 1. The number of hydrogen-bond acceptors (Lipinski definition) is 4. The number of rotatable bonds is 8. The smallest absolute Gasteiger partial charge is 0.263 e. The normalized spacial score (nSPS) is 11.5. The fourth-order valence-corrected chi connectivity index (χ4v) is 2.82. The number of hydrogen-bond donors (Lipinski definition) is 1. The summed E-state index contributed by atoms with van der Waals surface area (Å²) in [6.07, 6.45) is -0.779. The summed E-state index contributed by atoms with van der Waals surface area (Å²) in [5.41, 5.74) is 1.52. The van der Waals surface area contributed by atoms with E-state index >= 15 is 0 Å². The highest BCUT2D eigenvalue weighted by atomic mass is 35.5. The summed E-state index contributed by atoms with van der Waals surface area (Å²) in [5, 5.41) is 3.20. The molecule has 1 unspecified atom stereocenters. The quantitative estimate of drug-likeness (QED) is 0.724. The van der Waals surface area contributed by atoms with E-state index in [1.807, 2.05) is 19.1 Å². The Kier molecular flexibility index (Phi) is 7.70. The lowest BCUT2D eigenvalue weighted by atomic mass is 10.2. The molecular weight excluding hydrogens is 380 g/mol. The third-order valence-corrected chi connectivity index (χ3v) is 4.46. The molecule has 0 heterocycles. The Hall–Kier alpha value is -2.73. The molecule has 1 N–H and O–H groups in total. The van der Waals surface area contributed by atoms with Gasteiger partial charge >= 0.3 is 0 Å². The fourth-order valence-electron chi connectivity index (χ4n) is 2.66. The number of likely N-dealkylation sites (N-methyl/N-ethyl adjacent to an activating group) is 1. The van der Waals surface area contributed by atoms with Crippen LogP contribution in [-0.4, -0.2) is 43.0 Å². The van der Waals surface area contributed by atoms with Gasteiger partial charge in [0, 0.05) is 6.54 Å². The summed E-state index contributed by atoms with van der Waals surface area (Å²) in [4.78, 5) is 26.6. The maximum atomic E-state index is 12.7. The molecule has 2 aromatic carbocycles. The van der Waals surface area contributed by atoms with Crippen LogP contribution in [0.5, 0.6) is 11.5 Å². The first-order valence-electron chi connectivity index (χ1n) is 9.00. The number of methoxy groups -OCH3 is 1. The molecule has 0 spiro atoms. The topological polar surface area (TPSA) is 67.9 Å². The van der Waals surface area contributed by atoms with Gasteiger partial charge in [-0.1, -0.05) is 29.8 Å². The highest BCUT2D eigenvalue weighted by Crippen LogP contribution is 2.26. The second kappa shape index (κ2) is 9.99. The van der Waals surface area contributed by atoms with E-state index in [9.17, 15) is 9.59 Å². The summed E-state index contributed by atoms with van der Waals surface area (Å²) in [7, 11) is 1.53. The first-order valence-corrected chi connectivity index (χ1v) is 9.38. The Morgan fingerprint density at radius 2 is 1.89 bits per heavy atom. The Morgan fingerprint density at radius 3 is 2.57 bits per heavy atom. The number of ether oxygens (including phenoxy) is 2. The molecule has 7 heteroatoms. The van der Waals surface area contributed by atoms with E-state index < -0.39 is 6.10 Å². The van der Waals surface area contributed by atoms with Crippen molar-refractivity contribution >= 4 is 29.1 Å². The van der Waals surface area contributed by atoms with Crippen LogP contribution in [0.3, 0.4) is 0 Å². The summed E-state index contributed by atoms with van der Waals surface area (Å²) >= 11 is 6.14. The Balaban J connectivity index is 2.02. The standard InChI is InChI=1S/C21H25ClN2O4/c1-5-24(13-20(25)23-17-8-6-7-9-18(17)27-4)21(26)15(3)28-19-12-14(2)10-11-16(19)22/h6-12,15H,5,13H2,1-4H3,(H,23,25). The van der Waals surface area contributed by atoms with Crippen LogP contribution in [0.2, 0.25) is 5.02 Å². The van der Waals surface area contributed by atoms with E-state index in [1.165, 1.54) is 12.0 Å². The zero-order chi connectivity index (χ0) is 20.7. The van der Waals surface area contributed by atoms with Crippen LogP contribution in [0.4, 0.5) is 5.69 Å². The number of halogens is 1. The molecule has 2 rings (SSSR count). The largest absolute Gasteiger partial charge is 0.495 e. The van der Waals surface area contributed by atoms with Crippen LogP contribution in [0.25, 0.3) is 0 Å². The summed E-state index contributed by atoms with van der Waals surface area (Å²) in [6.45, 7) is 5.63. The summed E-state index contributed by atoms with van der Waals surface area (Å²) in [5.74, 6) is 0.379. The molecule has 0 fully saturated rings. The minimum Gasteiger partial charge on any atom is -0.495 e. The van der Waals surface area contributed by atoms with E-state index in [0.29, 0.717) is 28.8 Å². The monoisotopic (exact) mass is 404 g/mol. The van der Waals surface area contributed by atoms with Gasteiger partial charge in [0.1, 0.15) is 11.5 Å². The molecule has 150 valence electrons. The Labute approximate surface area is 170 Å². The van der Waals surface area contributed by atoms with Gasteiger partial charge in [0.25, 0.3) is 5.91 Å². The number of anilines is 1. The number of aryl methyl sites for hydroxylation is 1. The summed E-state index contributed by atoms with van der Waals surface area (Å²) in [6, 6.07) is 12.5. The van der Waals surface area contributed by atoms with Gasteiger partial charge in [-0.2, -0.15) is 0 Å². The number of amides is 2. The lowest BCUT2D eigenvalue weighted by Gasteiger charge is -2.25. The highest BCUT2D eigenvalue weighted by molar-refractivity contribution is 6.32. The van der Waals surface area contributed by atoms with Crippen molar-refractivity contribution in [1.82, 2.24) is 4.90 Å². The van der Waals surface area contributed by atoms with Gasteiger partial charge in [-0.3, -0.25) is 9.59 Å². The zero-order valence-electron chi connectivity index (χ0n) is 16.5. The van der Waals surface area contributed by atoms with Gasteiger partial charge in [0.2, 0.25) is 5.91 Å². The molecule has 0 bridgehead atoms. The minimum atomic E-state index is -0.779. The van der Waals surface area contributed by atoms with E-state index in [1.54, 1.807) is 44.2 Å². The lowest BCUT2D eigenvalue weighted by Crippen LogP contribution is -2.44. The molecule has 0 aliphatic rings. The van der Waals surface area contributed by atoms with Crippen molar-refractivity contribution in [2.75, 3.05) is 25.5 Å². The molecule has 2 aromatic rings. The van der Waals surface area contributed by atoms with E-state index in [0.717, 1.165) is 5.56 Å². The van der Waals surface area contributed by atoms with E-state index in [4.69, 9.17) is 21.1 Å². The molecule has 0 saturated heterocycles. The molecule has 28 heavy (non-hydrogen) atoms. The fraction of sp³-hybridized carbons (Fsp3) is 0.333. The minimum absolute atomic E-state index is 0.0946. The number of benzene rings is 2. The number of carbonyl (C=O) groups is 2.